The number of methoxy groups -OCH3 is 1. The summed E-state index contributed by atoms with van der Waals surface area (Å²) in [6, 6.07) is 0. The first-order chi connectivity index (χ1) is 9.31. The van der Waals surface area contributed by atoms with Crippen LogP contribution >= 0.6 is 0 Å². The van der Waals surface area contributed by atoms with Crippen LogP contribution in [0.5, 0.6) is 0 Å². The third kappa shape index (κ3) is 14.4. The van der Waals surface area contributed by atoms with Crippen LogP contribution in [-0.4, -0.2) is 13.1 Å². The van der Waals surface area contributed by atoms with Gasteiger partial charge in [-0.3, -0.25) is 4.79 Å². The maximum Gasteiger partial charge on any atom is 0.305 e. The average Bonchev–Trinajstić information content (AvgIpc) is 2.43. The number of carbonyl (C=O) groups excluding carboxylic acids is 1. The Labute approximate surface area is 117 Å². The van der Waals surface area contributed by atoms with Crippen LogP contribution in [0.2, 0.25) is 0 Å². The van der Waals surface area contributed by atoms with E-state index in [0.717, 1.165) is 38.5 Å². The van der Waals surface area contributed by atoms with Gasteiger partial charge in [0.05, 0.1) is 7.11 Å². The smallest absolute Gasteiger partial charge is 0.305 e. The molecule has 0 saturated carbocycles. The second-order valence-electron chi connectivity index (χ2n) is 4.23. The minimum absolute atomic E-state index is 0.114. The maximum atomic E-state index is 10.9. The van der Waals surface area contributed by atoms with E-state index in [0.29, 0.717) is 6.42 Å². The van der Waals surface area contributed by atoms with Crippen LogP contribution in [0.15, 0.2) is 49.1 Å². The molecule has 0 spiro atoms. The van der Waals surface area contributed by atoms with Gasteiger partial charge in [0.1, 0.15) is 0 Å². The van der Waals surface area contributed by atoms with E-state index in [1.54, 1.807) is 0 Å². The first kappa shape index (κ1) is 17.4. The molecule has 0 aliphatic carbocycles. The molecule has 0 aromatic heterocycles. The van der Waals surface area contributed by atoms with Gasteiger partial charge in [0, 0.05) is 6.42 Å². The normalized spacial score (nSPS) is 11.6. The van der Waals surface area contributed by atoms with E-state index in [4.69, 9.17) is 0 Å². The van der Waals surface area contributed by atoms with Gasteiger partial charge in [-0.15, -0.1) is 6.58 Å². The highest BCUT2D eigenvalue weighted by Crippen LogP contribution is 2.02. The summed E-state index contributed by atoms with van der Waals surface area (Å²) in [4.78, 5) is 10.9. The lowest BCUT2D eigenvalue weighted by Crippen LogP contribution is -1.98. The van der Waals surface area contributed by atoms with Crippen LogP contribution in [0.4, 0.5) is 0 Å². The topological polar surface area (TPSA) is 26.3 Å². The van der Waals surface area contributed by atoms with E-state index in [1.807, 2.05) is 6.08 Å². The highest BCUT2D eigenvalue weighted by molar-refractivity contribution is 5.68. The average molecular weight is 262 g/mol. The van der Waals surface area contributed by atoms with Crippen molar-refractivity contribution in [2.24, 2.45) is 0 Å². The van der Waals surface area contributed by atoms with Crippen molar-refractivity contribution in [2.75, 3.05) is 7.11 Å². The Balaban J connectivity index is 3.36. The Bertz CT molecular complexity index is 311. The maximum absolute atomic E-state index is 10.9. The molecule has 2 heteroatoms. The van der Waals surface area contributed by atoms with Crippen LogP contribution < -0.4 is 0 Å². The van der Waals surface area contributed by atoms with Crippen molar-refractivity contribution in [1.82, 2.24) is 0 Å². The number of rotatable bonds is 11. The van der Waals surface area contributed by atoms with Crippen molar-refractivity contribution in [3.63, 3.8) is 0 Å². The van der Waals surface area contributed by atoms with Crippen LogP contribution in [0, 0.1) is 0 Å². The molecule has 0 unspecified atom stereocenters. The molecule has 106 valence electrons. The number of allylic oxidation sites excluding steroid dienone is 7. The molecule has 0 bridgehead atoms. The SMILES string of the molecule is C=CC/C=C/C/C=C/C/C=C/CCCCC(=O)OC. The van der Waals surface area contributed by atoms with Crippen LogP contribution in [0.3, 0.4) is 0 Å². The van der Waals surface area contributed by atoms with Crippen LogP contribution in [0.25, 0.3) is 0 Å². The molecular formula is C17H26O2. The monoisotopic (exact) mass is 262 g/mol. The molecule has 0 saturated heterocycles. The van der Waals surface area contributed by atoms with Gasteiger partial charge in [0.2, 0.25) is 0 Å². The fraction of sp³-hybridized carbons (Fsp3) is 0.471. The van der Waals surface area contributed by atoms with Crippen molar-refractivity contribution in [3.8, 4) is 0 Å². The van der Waals surface area contributed by atoms with Gasteiger partial charge in [-0.2, -0.15) is 0 Å². The summed E-state index contributed by atoms with van der Waals surface area (Å²) in [6.45, 7) is 3.66. The summed E-state index contributed by atoms with van der Waals surface area (Å²) in [5, 5.41) is 0. The first-order valence-corrected chi connectivity index (χ1v) is 6.94. The molecule has 0 radical (unpaired) electrons. The van der Waals surface area contributed by atoms with Gasteiger partial charge in [0.15, 0.2) is 0 Å². The lowest BCUT2D eigenvalue weighted by atomic mass is 10.2. The third-order valence-electron chi connectivity index (χ3n) is 2.58. The largest absolute Gasteiger partial charge is 0.469 e. The molecule has 0 atom stereocenters. The fourth-order valence-corrected chi connectivity index (χ4v) is 1.49. The molecule has 0 fully saturated rings. The van der Waals surface area contributed by atoms with E-state index in [2.05, 4.69) is 47.8 Å². The predicted octanol–water partition coefficient (Wildman–Crippen LogP) is 4.74. The minimum Gasteiger partial charge on any atom is -0.469 e. The molecule has 0 aliphatic rings. The molecule has 19 heavy (non-hydrogen) atoms. The lowest BCUT2D eigenvalue weighted by Gasteiger charge is -1.96. The van der Waals surface area contributed by atoms with Gasteiger partial charge < -0.3 is 4.74 Å². The highest BCUT2D eigenvalue weighted by atomic mass is 16.5. The number of carbonyl (C=O) groups is 1. The van der Waals surface area contributed by atoms with Gasteiger partial charge >= 0.3 is 5.97 Å². The summed E-state index contributed by atoms with van der Waals surface area (Å²) in [5.41, 5.74) is 0. The predicted molar refractivity (Wildman–Crippen MR) is 82.0 cm³/mol. The van der Waals surface area contributed by atoms with Crippen LogP contribution in [-0.2, 0) is 9.53 Å². The second-order valence-corrected chi connectivity index (χ2v) is 4.23. The third-order valence-corrected chi connectivity index (χ3v) is 2.58. The molecule has 0 amide bonds. The van der Waals surface area contributed by atoms with Crippen molar-refractivity contribution in [2.45, 2.75) is 44.9 Å². The van der Waals surface area contributed by atoms with Gasteiger partial charge in [-0.1, -0.05) is 42.5 Å². The number of unbranched alkanes of at least 4 members (excludes halogenated alkanes) is 2. The van der Waals surface area contributed by atoms with Crippen molar-refractivity contribution < 1.29 is 9.53 Å². The van der Waals surface area contributed by atoms with E-state index in [1.165, 1.54) is 7.11 Å². The minimum atomic E-state index is -0.114. The Morgan fingerprint density at radius 3 is 2.11 bits per heavy atom. The van der Waals surface area contributed by atoms with E-state index < -0.39 is 0 Å². The zero-order chi connectivity index (χ0) is 14.2. The quantitative estimate of drug-likeness (QED) is 0.305. The molecular weight excluding hydrogens is 236 g/mol. The number of ether oxygens (including phenoxy) is 1. The summed E-state index contributed by atoms with van der Waals surface area (Å²) in [5.74, 6) is -0.114. The molecule has 0 aliphatic heterocycles. The van der Waals surface area contributed by atoms with Crippen molar-refractivity contribution in [1.29, 1.82) is 0 Å². The van der Waals surface area contributed by atoms with E-state index in [-0.39, 0.29) is 5.97 Å². The number of hydrogen-bond acceptors (Lipinski definition) is 2. The van der Waals surface area contributed by atoms with Crippen LogP contribution in [0.1, 0.15) is 44.9 Å². The fourth-order valence-electron chi connectivity index (χ4n) is 1.49. The molecule has 0 rings (SSSR count). The Hall–Kier alpha value is -1.57. The second kappa shape index (κ2) is 14.5. The summed E-state index contributed by atoms with van der Waals surface area (Å²) >= 11 is 0. The first-order valence-electron chi connectivity index (χ1n) is 6.94. The number of esters is 1. The summed E-state index contributed by atoms with van der Waals surface area (Å²) < 4.78 is 4.58. The van der Waals surface area contributed by atoms with Crippen molar-refractivity contribution >= 4 is 5.97 Å². The molecule has 2 nitrogen and oxygen atoms in total. The van der Waals surface area contributed by atoms with Gasteiger partial charge in [0.25, 0.3) is 0 Å². The Kier molecular flexibility index (Phi) is 13.3. The van der Waals surface area contributed by atoms with E-state index >= 15 is 0 Å². The van der Waals surface area contributed by atoms with Gasteiger partial charge in [-0.25, -0.2) is 0 Å². The Morgan fingerprint density at radius 2 is 1.53 bits per heavy atom. The molecule has 0 heterocycles. The van der Waals surface area contributed by atoms with Crippen molar-refractivity contribution in [3.05, 3.63) is 49.1 Å². The standard InChI is InChI=1S/C17H26O2/c1-3-4-5-6-7-8-9-10-11-12-13-14-15-16-17(18)19-2/h3,5-6,8-9,11-12H,1,4,7,10,13-16H2,2H3/b6-5+,9-8+,12-11+. The summed E-state index contributed by atoms with van der Waals surface area (Å²) in [7, 11) is 1.43. The summed E-state index contributed by atoms with van der Waals surface area (Å²) in [6.07, 6.45) is 21.3. The molecule has 0 aromatic rings. The molecule has 0 aromatic carbocycles. The van der Waals surface area contributed by atoms with Gasteiger partial charge in [-0.05, 0) is 38.5 Å². The zero-order valence-corrected chi connectivity index (χ0v) is 12.0. The Morgan fingerprint density at radius 1 is 0.947 bits per heavy atom. The molecule has 0 N–H and O–H groups in total. The lowest BCUT2D eigenvalue weighted by molar-refractivity contribution is -0.140. The highest BCUT2D eigenvalue weighted by Gasteiger charge is 1.97. The number of hydrogen-bond donors (Lipinski definition) is 0. The zero-order valence-electron chi connectivity index (χ0n) is 12.0. The van der Waals surface area contributed by atoms with E-state index in [9.17, 15) is 4.79 Å².